The molecular weight excluding hydrogens is 412 g/mol. The molecule has 4 nitrogen and oxygen atoms in total. The molecule has 0 heterocycles. The van der Waals surface area contributed by atoms with Gasteiger partial charge in [0.15, 0.2) is 0 Å². The van der Waals surface area contributed by atoms with Crippen molar-refractivity contribution in [2.75, 3.05) is 0 Å². The maximum absolute atomic E-state index is 12.3. The van der Waals surface area contributed by atoms with E-state index in [0.717, 1.165) is 19.3 Å². The van der Waals surface area contributed by atoms with Crippen LogP contribution in [0.4, 0.5) is 0 Å². The topological polar surface area (TPSA) is 66.8 Å². The van der Waals surface area contributed by atoms with Crippen LogP contribution in [-0.4, -0.2) is 34.5 Å². The lowest BCUT2D eigenvalue weighted by atomic mass is 9.45. The molecule has 4 rings (SSSR count). The zero-order valence-corrected chi connectivity index (χ0v) is 21.6. The summed E-state index contributed by atoms with van der Waals surface area (Å²) >= 11 is 0. The van der Waals surface area contributed by atoms with Crippen molar-refractivity contribution in [3.05, 3.63) is 23.3 Å². The lowest BCUT2D eigenvalue weighted by Crippen LogP contribution is -2.61. The minimum absolute atomic E-state index is 0.127. The molecule has 3 fully saturated rings. The Bertz CT molecular complexity index is 810. The molecule has 2 N–H and O–H groups in total. The average Bonchev–Trinajstić information content (AvgIpc) is 3.05. The predicted molar refractivity (Wildman–Crippen MR) is 131 cm³/mol. The lowest BCUT2D eigenvalue weighted by Gasteiger charge is -2.61. The maximum Gasteiger partial charge on any atom is 0.302 e. The number of fused-ring (bicyclic) bond motifs is 5. The van der Waals surface area contributed by atoms with E-state index in [1.165, 1.54) is 37.3 Å². The van der Waals surface area contributed by atoms with E-state index in [-0.39, 0.29) is 23.4 Å². The fraction of sp³-hybridized carbons (Fsp3) is 0.828. The van der Waals surface area contributed by atoms with Gasteiger partial charge in [-0.15, -0.1) is 0 Å². The highest BCUT2D eigenvalue weighted by molar-refractivity contribution is 5.66. The monoisotopic (exact) mass is 458 g/mol. The van der Waals surface area contributed by atoms with Gasteiger partial charge in [0.2, 0.25) is 0 Å². The standard InChI is InChI=1S/C29H46O4/c1-17(2)8-7-9-18(3)23-12-13-24-22-11-10-20-14-21(31)15-26(32)29(20,6)27(22)25(33-19(4)30)16-28(23,24)5/h8,10,18,21-27,31-32H,7,9,11-16H2,1-6H3. The maximum atomic E-state index is 12.3. The van der Waals surface area contributed by atoms with Crippen LogP contribution >= 0.6 is 0 Å². The van der Waals surface area contributed by atoms with Gasteiger partial charge in [0.05, 0.1) is 12.2 Å². The van der Waals surface area contributed by atoms with Gasteiger partial charge < -0.3 is 14.9 Å². The Morgan fingerprint density at radius 1 is 1.24 bits per heavy atom. The Hall–Kier alpha value is -1.13. The van der Waals surface area contributed by atoms with Crippen molar-refractivity contribution in [2.45, 2.75) is 111 Å². The molecule has 0 saturated heterocycles. The van der Waals surface area contributed by atoms with Crippen molar-refractivity contribution in [3.8, 4) is 0 Å². The second kappa shape index (κ2) is 9.15. The number of rotatable bonds is 5. The molecule has 0 amide bonds. The molecule has 3 saturated carbocycles. The van der Waals surface area contributed by atoms with Crippen LogP contribution in [0.2, 0.25) is 0 Å². The first-order chi connectivity index (χ1) is 15.5. The van der Waals surface area contributed by atoms with Gasteiger partial charge in [-0.1, -0.05) is 44.1 Å². The summed E-state index contributed by atoms with van der Waals surface area (Å²) < 4.78 is 6.11. The van der Waals surface area contributed by atoms with Gasteiger partial charge in [0.1, 0.15) is 6.10 Å². The van der Waals surface area contributed by atoms with Crippen molar-refractivity contribution in [1.29, 1.82) is 0 Å². The molecule has 0 aromatic heterocycles. The van der Waals surface area contributed by atoms with Gasteiger partial charge >= 0.3 is 5.97 Å². The van der Waals surface area contributed by atoms with Crippen LogP contribution in [0.3, 0.4) is 0 Å². The molecule has 10 unspecified atom stereocenters. The normalized spacial score (nSPS) is 45.2. The van der Waals surface area contributed by atoms with Gasteiger partial charge in [0, 0.05) is 24.7 Å². The number of allylic oxidation sites excluding steroid dienone is 3. The molecule has 33 heavy (non-hydrogen) atoms. The van der Waals surface area contributed by atoms with Crippen molar-refractivity contribution in [2.24, 2.45) is 40.4 Å². The third-order valence-electron chi connectivity index (χ3n) is 10.3. The number of aliphatic hydroxyl groups excluding tert-OH is 2. The molecule has 10 atom stereocenters. The van der Waals surface area contributed by atoms with Crippen LogP contribution in [0.15, 0.2) is 23.3 Å². The fourth-order valence-electron chi connectivity index (χ4n) is 8.92. The van der Waals surface area contributed by atoms with Crippen molar-refractivity contribution < 1.29 is 19.7 Å². The van der Waals surface area contributed by atoms with Crippen LogP contribution < -0.4 is 0 Å². The average molecular weight is 459 g/mol. The minimum atomic E-state index is -0.595. The van der Waals surface area contributed by atoms with Gasteiger partial charge in [-0.3, -0.25) is 4.79 Å². The predicted octanol–water partition coefficient (Wildman–Crippen LogP) is 5.82. The van der Waals surface area contributed by atoms with E-state index < -0.39 is 17.6 Å². The first-order valence-corrected chi connectivity index (χ1v) is 13.3. The Kier molecular flexibility index (Phi) is 6.92. The summed E-state index contributed by atoms with van der Waals surface area (Å²) in [5.41, 5.74) is 2.31. The fourth-order valence-corrected chi connectivity index (χ4v) is 8.92. The molecule has 4 aliphatic rings. The Morgan fingerprint density at radius 3 is 2.64 bits per heavy atom. The zero-order valence-electron chi connectivity index (χ0n) is 21.6. The summed E-state index contributed by atoms with van der Waals surface area (Å²) in [7, 11) is 0. The molecule has 0 radical (unpaired) electrons. The SMILES string of the molecule is CC(=O)OC1CC2(C)C(C(C)CCC=C(C)C)CCC2C2CC=C3CC(O)CC(O)C3(C)C12. The van der Waals surface area contributed by atoms with E-state index >= 15 is 0 Å². The molecule has 0 aliphatic heterocycles. The van der Waals surface area contributed by atoms with Gasteiger partial charge in [-0.25, -0.2) is 0 Å². The molecule has 186 valence electrons. The van der Waals surface area contributed by atoms with Crippen molar-refractivity contribution >= 4 is 5.97 Å². The number of aliphatic hydroxyl groups is 2. The number of hydrogen-bond donors (Lipinski definition) is 2. The zero-order chi connectivity index (χ0) is 24.1. The summed E-state index contributed by atoms with van der Waals surface area (Å²) in [6.07, 6.45) is 11.2. The van der Waals surface area contributed by atoms with E-state index in [9.17, 15) is 15.0 Å². The molecule has 0 aromatic carbocycles. The Labute approximate surface area is 200 Å². The molecule has 0 aromatic rings. The highest BCUT2D eigenvalue weighted by Crippen LogP contribution is 2.67. The van der Waals surface area contributed by atoms with Crippen LogP contribution in [0, 0.1) is 40.4 Å². The number of hydrogen-bond acceptors (Lipinski definition) is 4. The number of ether oxygens (including phenoxy) is 1. The summed E-state index contributed by atoms with van der Waals surface area (Å²) in [6, 6.07) is 0. The van der Waals surface area contributed by atoms with Crippen LogP contribution in [0.25, 0.3) is 0 Å². The smallest absolute Gasteiger partial charge is 0.302 e. The van der Waals surface area contributed by atoms with Crippen LogP contribution in [0.5, 0.6) is 0 Å². The summed E-state index contributed by atoms with van der Waals surface area (Å²) in [5, 5.41) is 21.6. The molecule has 0 bridgehead atoms. The largest absolute Gasteiger partial charge is 0.462 e. The summed E-state index contributed by atoms with van der Waals surface area (Å²) in [5.74, 6) is 2.22. The number of carbonyl (C=O) groups is 1. The van der Waals surface area contributed by atoms with E-state index in [0.29, 0.717) is 36.5 Å². The second-order valence-electron chi connectivity index (χ2n) is 12.5. The first-order valence-electron chi connectivity index (χ1n) is 13.3. The molecule has 4 aliphatic carbocycles. The minimum Gasteiger partial charge on any atom is -0.462 e. The van der Waals surface area contributed by atoms with E-state index in [2.05, 4.69) is 46.8 Å². The van der Waals surface area contributed by atoms with Crippen LogP contribution in [0.1, 0.15) is 92.9 Å². The highest BCUT2D eigenvalue weighted by Gasteiger charge is 2.64. The Morgan fingerprint density at radius 2 is 1.97 bits per heavy atom. The van der Waals surface area contributed by atoms with E-state index in [4.69, 9.17) is 4.74 Å². The van der Waals surface area contributed by atoms with Crippen molar-refractivity contribution in [1.82, 2.24) is 0 Å². The number of carbonyl (C=O) groups excluding carboxylic acids is 1. The molecular formula is C29H46O4. The quantitative estimate of drug-likeness (QED) is 0.402. The molecule has 0 spiro atoms. The van der Waals surface area contributed by atoms with E-state index in [1.54, 1.807) is 0 Å². The van der Waals surface area contributed by atoms with Gasteiger partial charge in [0.25, 0.3) is 0 Å². The number of esters is 1. The highest BCUT2D eigenvalue weighted by atomic mass is 16.5. The van der Waals surface area contributed by atoms with Crippen LogP contribution in [-0.2, 0) is 9.53 Å². The van der Waals surface area contributed by atoms with Crippen molar-refractivity contribution in [3.63, 3.8) is 0 Å². The Balaban J connectivity index is 1.67. The van der Waals surface area contributed by atoms with E-state index in [1.807, 2.05) is 0 Å². The van der Waals surface area contributed by atoms with Gasteiger partial charge in [-0.05, 0) is 87.9 Å². The third-order valence-corrected chi connectivity index (χ3v) is 10.3. The summed E-state index contributed by atoms with van der Waals surface area (Å²) in [6.45, 7) is 13.0. The first kappa shape index (κ1) is 25.0. The summed E-state index contributed by atoms with van der Waals surface area (Å²) in [4.78, 5) is 12.3. The lowest BCUT2D eigenvalue weighted by molar-refractivity contribution is -0.186. The van der Waals surface area contributed by atoms with Gasteiger partial charge in [-0.2, -0.15) is 0 Å². The third kappa shape index (κ3) is 4.24. The molecule has 4 heteroatoms. The second-order valence-corrected chi connectivity index (χ2v) is 12.5.